The van der Waals surface area contributed by atoms with Gasteiger partial charge in [-0.25, -0.2) is 4.98 Å². The van der Waals surface area contributed by atoms with Gasteiger partial charge >= 0.3 is 0 Å². The fraction of sp³-hybridized carbons (Fsp3) is 0.286. The van der Waals surface area contributed by atoms with Crippen molar-refractivity contribution in [1.82, 2.24) is 14.9 Å². The SMILES string of the molecule is Bc1cc(B)c2nc(C)n(C3CC(B)C(=O)NC3=O)c(=O)c2c1N. The van der Waals surface area contributed by atoms with Gasteiger partial charge in [0.2, 0.25) is 11.8 Å². The summed E-state index contributed by atoms with van der Waals surface area (Å²) in [7, 11) is 5.44. The number of carbonyl (C=O) groups excluding carboxylic acids is 2. The first kappa shape index (κ1) is 16.4. The molecule has 0 bridgehead atoms. The zero-order valence-corrected chi connectivity index (χ0v) is 14.1. The molecule has 1 fully saturated rings. The molecule has 0 spiro atoms. The van der Waals surface area contributed by atoms with Crippen LogP contribution in [-0.4, -0.2) is 44.9 Å². The van der Waals surface area contributed by atoms with Crippen molar-refractivity contribution in [3.05, 3.63) is 22.2 Å². The Morgan fingerprint density at radius 3 is 2.58 bits per heavy atom. The van der Waals surface area contributed by atoms with Crippen molar-refractivity contribution in [2.45, 2.75) is 25.2 Å². The number of hydrogen-bond acceptors (Lipinski definition) is 5. The number of anilines is 1. The Balaban J connectivity index is 2.30. The van der Waals surface area contributed by atoms with Crippen molar-refractivity contribution in [3.63, 3.8) is 0 Å². The summed E-state index contributed by atoms with van der Waals surface area (Å²) in [4.78, 5) is 41.5. The summed E-state index contributed by atoms with van der Waals surface area (Å²) in [5, 5.41) is 2.65. The molecule has 2 aromatic rings. The predicted octanol–water partition coefficient (Wildman–Crippen LogP) is -4.19. The van der Waals surface area contributed by atoms with Crippen molar-refractivity contribution in [3.8, 4) is 0 Å². The number of hydrogen-bond donors (Lipinski definition) is 2. The van der Waals surface area contributed by atoms with Crippen LogP contribution in [0, 0.1) is 6.92 Å². The molecule has 7 nitrogen and oxygen atoms in total. The van der Waals surface area contributed by atoms with E-state index in [1.54, 1.807) is 14.8 Å². The molecular formula is C14H17B3N4O3. The van der Waals surface area contributed by atoms with E-state index in [1.165, 1.54) is 4.57 Å². The van der Waals surface area contributed by atoms with Gasteiger partial charge in [-0.15, -0.1) is 0 Å². The lowest BCUT2D eigenvalue weighted by molar-refractivity contribution is -0.135. The number of amides is 2. The maximum atomic E-state index is 13.1. The zero-order valence-electron chi connectivity index (χ0n) is 14.1. The number of aromatic nitrogens is 2. The van der Waals surface area contributed by atoms with E-state index < -0.39 is 11.9 Å². The van der Waals surface area contributed by atoms with Gasteiger partial charge in [-0.1, -0.05) is 17.0 Å². The highest BCUT2D eigenvalue weighted by atomic mass is 16.2. The number of nitrogen functional groups attached to an aromatic ring is 1. The standard InChI is InChI=1S/C14H17B3N4O3/c1-4-19-11-6(16)2-5(15)10(18)9(11)14(24)21(4)8-3-7(17)12(22)20-13(8)23/h2,7-8H,3,15-18H2,1H3,(H,20,22,23). The van der Waals surface area contributed by atoms with Gasteiger partial charge in [-0.2, -0.15) is 0 Å². The Morgan fingerprint density at radius 1 is 1.25 bits per heavy atom. The molecule has 0 saturated carbocycles. The molecule has 10 heteroatoms. The summed E-state index contributed by atoms with van der Waals surface area (Å²) >= 11 is 0. The van der Waals surface area contributed by atoms with Crippen LogP contribution in [0.25, 0.3) is 10.9 Å². The monoisotopic (exact) mass is 322 g/mol. The van der Waals surface area contributed by atoms with E-state index in [2.05, 4.69) is 10.3 Å². The molecule has 1 aliphatic heterocycles. The molecule has 3 N–H and O–H groups in total. The smallest absolute Gasteiger partial charge is 0.264 e. The molecule has 2 heterocycles. The normalized spacial score (nSPS) is 21.0. The number of piperidine rings is 1. The highest BCUT2D eigenvalue weighted by Gasteiger charge is 2.35. The van der Waals surface area contributed by atoms with Crippen molar-refractivity contribution in [2.75, 3.05) is 5.73 Å². The number of rotatable bonds is 1. The lowest BCUT2D eigenvalue weighted by Crippen LogP contribution is -2.48. The van der Waals surface area contributed by atoms with Crippen molar-refractivity contribution in [2.24, 2.45) is 0 Å². The predicted molar refractivity (Wildman–Crippen MR) is 101 cm³/mol. The van der Waals surface area contributed by atoms with Gasteiger partial charge in [0.15, 0.2) is 0 Å². The van der Waals surface area contributed by atoms with Crippen molar-refractivity contribution < 1.29 is 9.59 Å². The summed E-state index contributed by atoms with van der Waals surface area (Å²) in [6.07, 6.45) is 0.267. The average molecular weight is 322 g/mol. The molecule has 2 amide bonds. The van der Waals surface area contributed by atoms with Gasteiger partial charge in [0.1, 0.15) is 35.4 Å². The van der Waals surface area contributed by atoms with Gasteiger partial charge in [0, 0.05) is 11.5 Å². The second-order valence-electron chi connectivity index (χ2n) is 6.49. The zero-order chi connectivity index (χ0) is 17.8. The number of carbonyl (C=O) groups is 2. The number of benzene rings is 1. The van der Waals surface area contributed by atoms with Crippen molar-refractivity contribution >= 4 is 62.9 Å². The molecule has 3 rings (SSSR count). The maximum absolute atomic E-state index is 13.1. The van der Waals surface area contributed by atoms with Crippen LogP contribution >= 0.6 is 0 Å². The van der Waals surface area contributed by atoms with Crippen LogP contribution in [0.3, 0.4) is 0 Å². The molecule has 2 unspecified atom stereocenters. The Bertz CT molecular complexity index is 957. The number of nitrogens with zero attached hydrogens (tertiary/aromatic N) is 2. The summed E-state index contributed by atoms with van der Waals surface area (Å²) in [5.74, 6) is -0.721. The first-order chi connectivity index (χ1) is 11.2. The molecule has 24 heavy (non-hydrogen) atoms. The van der Waals surface area contributed by atoms with Gasteiger partial charge in [-0.3, -0.25) is 24.3 Å². The van der Waals surface area contributed by atoms with E-state index in [-0.39, 0.29) is 23.7 Å². The maximum Gasteiger partial charge on any atom is 0.264 e. The minimum atomic E-state index is -0.762. The lowest BCUT2D eigenvalue weighted by Gasteiger charge is -2.28. The van der Waals surface area contributed by atoms with Crippen LogP contribution in [0.1, 0.15) is 18.3 Å². The first-order valence-electron chi connectivity index (χ1n) is 7.85. The van der Waals surface area contributed by atoms with Crippen LogP contribution < -0.4 is 27.5 Å². The summed E-state index contributed by atoms with van der Waals surface area (Å²) < 4.78 is 1.36. The molecule has 120 valence electrons. The number of nitrogens with two attached hydrogens (primary N) is 1. The number of nitrogens with one attached hydrogen (secondary N) is 1. The topological polar surface area (TPSA) is 107 Å². The van der Waals surface area contributed by atoms with E-state index in [0.29, 0.717) is 22.4 Å². The quantitative estimate of drug-likeness (QED) is 0.315. The second-order valence-corrected chi connectivity index (χ2v) is 6.49. The molecule has 1 aromatic carbocycles. The Hall–Kier alpha value is -2.51. The Morgan fingerprint density at radius 2 is 1.92 bits per heavy atom. The van der Waals surface area contributed by atoms with Crippen LogP contribution in [0.5, 0.6) is 0 Å². The third kappa shape index (κ3) is 2.33. The molecule has 1 saturated heterocycles. The van der Waals surface area contributed by atoms with Gasteiger partial charge in [0.05, 0.1) is 10.9 Å². The molecule has 0 radical (unpaired) electrons. The second kappa shape index (κ2) is 5.54. The number of aryl methyl sites for hydroxylation is 1. The number of imide groups is 1. The third-order valence-corrected chi connectivity index (χ3v) is 4.68. The summed E-state index contributed by atoms with van der Waals surface area (Å²) in [6, 6.07) is 1.13. The van der Waals surface area contributed by atoms with Gasteiger partial charge in [0.25, 0.3) is 5.56 Å². The van der Waals surface area contributed by atoms with Crippen LogP contribution in [-0.2, 0) is 9.59 Å². The Labute approximate surface area is 141 Å². The number of fused-ring (bicyclic) bond motifs is 1. The van der Waals surface area contributed by atoms with Crippen LogP contribution in [0.4, 0.5) is 5.69 Å². The molecule has 1 aromatic heterocycles. The average Bonchev–Trinajstić information content (AvgIpc) is 2.49. The molecule has 2 atom stereocenters. The first-order valence-corrected chi connectivity index (χ1v) is 7.85. The fourth-order valence-electron chi connectivity index (χ4n) is 3.30. The fourth-order valence-corrected chi connectivity index (χ4v) is 3.30. The molecule has 1 aliphatic rings. The highest BCUT2D eigenvalue weighted by molar-refractivity contribution is 6.45. The highest BCUT2D eigenvalue weighted by Crippen LogP contribution is 2.25. The van der Waals surface area contributed by atoms with Crippen LogP contribution in [0.2, 0.25) is 5.82 Å². The molecular weight excluding hydrogens is 305 g/mol. The lowest BCUT2D eigenvalue weighted by atomic mass is 9.78. The summed E-state index contributed by atoms with van der Waals surface area (Å²) in [5.41, 5.74) is 8.36. The van der Waals surface area contributed by atoms with Gasteiger partial charge in [-0.05, 0) is 13.3 Å². The largest absolute Gasteiger partial charge is 0.398 e. The van der Waals surface area contributed by atoms with E-state index in [9.17, 15) is 14.4 Å². The van der Waals surface area contributed by atoms with E-state index in [4.69, 9.17) is 5.73 Å². The van der Waals surface area contributed by atoms with Crippen LogP contribution in [0.15, 0.2) is 10.9 Å². The van der Waals surface area contributed by atoms with E-state index in [1.807, 2.05) is 21.8 Å². The minimum absolute atomic E-state index is 0.267. The molecule has 0 aliphatic carbocycles. The third-order valence-electron chi connectivity index (χ3n) is 4.68. The minimum Gasteiger partial charge on any atom is -0.398 e. The van der Waals surface area contributed by atoms with E-state index >= 15 is 0 Å². The summed E-state index contributed by atoms with van der Waals surface area (Å²) in [6.45, 7) is 1.69. The Kier molecular flexibility index (Phi) is 3.78. The van der Waals surface area contributed by atoms with Gasteiger partial charge < -0.3 is 5.73 Å². The van der Waals surface area contributed by atoms with E-state index in [0.717, 1.165) is 10.9 Å². The van der Waals surface area contributed by atoms with Crippen molar-refractivity contribution in [1.29, 1.82) is 0 Å².